The van der Waals surface area contributed by atoms with Gasteiger partial charge in [-0.25, -0.2) is 15.0 Å². The van der Waals surface area contributed by atoms with Crippen LogP contribution < -0.4 is 0 Å². The Bertz CT molecular complexity index is 2710. The lowest BCUT2D eigenvalue weighted by molar-refractivity contribution is 0.878. The standard InChI is InChI=1S/C43H29N5/c1-2-12-34(13-3-1)47-39-16-8-6-14-37(39)45-41(47)30-21-18-29(19-22-30)32-24-25-36-35(27-32)43-46-38-15-7-9-17-40(38)48(43)42(44-36)33-23-20-28-10-4-5-11-31(28)26-33/h1-7,9-15,17-27H,8,16H2. The Morgan fingerprint density at radius 1 is 0.521 bits per heavy atom. The molecule has 6 aromatic carbocycles. The Labute approximate surface area is 277 Å². The van der Waals surface area contributed by atoms with E-state index in [0.717, 1.165) is 85.7 Å². The van der Waals surface area contributed by atoms with Crippen LogP contribution >= 0.6 is 0 Å². The zero-order valence-corrected chi connectivity index (χ0v) is 26.1. The molecule has 0 unspecified atom stereocenters. The zero-order valence-electron chi connectivity index (χ0n) is 26.1. The molecule has 0 bridgehead atoms. The van der Waals surface area contributed by atoms with Crippen LogP contribution in [0.2, 0.25) is 0 Å². The Hall–Kier alpha value is -6.33. The molecule has 0 amide bonds. The molecule has 5 heteroatoms. The lowest BCUT2D eigenvalue weighted by Crippen LogP contribution is -2.04. The molecule has 0 spiro atoms. The summed E-state index contributed by atoms with van der Waals surface area (Å²) in [5.74, 6) is 1.86. The van der Waals surface area contributed by atoms with Gasteiger partial charge in [0.25, 0.3) is 0 Å². The molecular weight excluding hydrogens is 587 g/mol. The zero-order chi connectivity index (χ0) is 31.6. The Morgan fingerprint density at radius 2 is 1.27 bits per heavy atom. The van der Waals surface area contributed by atoms with Gasteiger partial charge in [-0.15, -0.1) is 0 Å². The van der Waals surface area contributed by atoms with Gasteiger partial charge in [0.05, 0.1) is 27.9 Å². The van der Waals surface area contributed by atoms with E-state index in [1.807, 2.05) is 6.07 Å². The second-order valence-electron chi connectivity index (χ2n) is 12.4. The van der Waals surface area contributed by atoms with E-state index in [0.29, 0.717) is 0 Å². The summed E-state index contributed by atoms with van der Waals surface area (Å²) >= 11 is 0. The van der Waals surface area contributed by atoms with Gasteiger partial charge in [0.2, 0.25) is 0 Å². The molecule has 0 saturated carbocycles. The molecular formula is C43H29N5. The first-order valence-corrected chi connectivity index (χ1v) is 16.4. The van der Waals surface area contributed by atoms with Crippen molar-refractivity contribution in [1.82, 2.24) is 23.9 Å². The second-order valence-corrected chi connectivity index (χ2v) is 12.4. The number of rotatable bonds is 4. The van der Waals surface area contributed by atoms with Crippen LogP contribution in [0.15, 0.2) is 146 Å². The van der Waals surface area contributed by atoms with E-state index >= 15 is 0 Å². The molecule has 0 radical (unpaired) electrons. The summed E-state index contributed by atoms with van der Waals surface area (Å²) in [5.41, 5.74) is 11.7. The average Bonchev–Trinajstić information content (AvgIpc) is 3.74. The lowest BCUT2D eigenvalue weighted by Gasteiger charge is -2.14. The van der Waals surface area contributed by atoms with E-state index in [-0.39, 0.29) is 0 Å². The minimum absolute atomic E-state index is 0.889. The van der Waals surface area contributed by atoms with Gasteiger partial charge in [-0.2, -0.15) is 0 Å². The number of benzene rings is 6. The summed E-state index contributed by atoms with van der Waals surface area (Å²) in [6.45, 7) is 0. The quantitative estimate of drug-likeness (QED) is 0.198. The van der Waals surface area contributed by atoms with Gasteiger partial charge in [-0.05, 0) is 83.3 Å². The van der Waals surface area contributed by atoms with Crippen molar-refractivity contribution in [1.29, 1.82) is 0 Å². The highest BCUT2D eigenvalue weighted by Gasteiger charge is 2.20. The molecule has 10 rings (SSSR count). The number of para-hydroxylation sites is 3. The van der Waals surface area contributed by atoms with Crippen molar-refractivity contribution >= 4 is 44.4 Å². The molecule has 226 valence electrons. The van der Waals surface area contributed by atoms with Crippen LogP contribution in [0.4, 0.5) is 0 Å². The summed E-state index contributed by atoms with van der Waals surface area (Å²) in [7, 11) is 0. The summed E-state index contributed by atoms with van der Waals surface area (Å²) in [5, 5.41) is 3.43. The summed E-state index contributed by atoms with van der Waals surface area (Å²) < 4.78 is 4.54. The largest absolute Gasteiger partial charge is 0.296 e. The van der Waals surface area contributed by atoms with Crippen molar-refractivity contribution in [2.75, 3.05) is 0 Å². The summed E-state index contributed by atoms with van der Waals surface area (Å²) in [4.78, 5) is 15.5. The number of imidazole rings is 2. The van der Waals surface area contributed by atoms with E-state index in [9.17, 15) is 0 Å². The molecule has 3 heterocycles. The SMILES string of the molecule is C1=Cc2nc(-c3ccc(-c4ccc5nc(-c6ccc7ccccc7c6)n6c7ccccc7nc6c5c4)cc3)n(-c3ccccc3)c2CC1. The van der Waals surface area contributed by atoms with E-state index in [4.69, 9.17) is 15.0 Å². The number of hydrogen-bond donors (Lipinski definition) is 0. The molecule has 5 nitrogen and oxygen atoms in total. The van der Waals surface area contributed by atoms with Gasteiger partial charge in [0.15, 0.2) is 0 Å². The van der Waals surface area contributed by atoms with Crippen LogP contribution in [0.1, 0.15) is 17.8 Å². The topological polar surface area (TPSA) is 48.0 Å². The molecule has 1 aliphatic carbocycles. The maximum Gasteiger partial charge on any atom is 0.149 e. The molecule has 1 aliphatic rings. The third-order valence-electron chi connectivity index (χ3n) is 9.56. The van der Waals surface area contributed by atoms with Crippen molar-refractivity contribution in [2.45, 2.75) is 12.8 Å². The first kappa shape index (κ1) is 26.8. The second kappa shape index (κ2) is 10.6. The van der Waals surface area contributed by atoms with Gasteiger partial charge in [0, 0.05) is 22.2 Å². The minimum Gasteiger partial charge on any atom is -0.296 e. The normalized spacial score (nSPS) is 12.8. The molecule has 48 heavy (non-hydrogen) atoms. The maximum atomic E-state index is 5.27. The first-order chi connectivity index (χ1) is 23.8. The van der Waals surface area contributed by atoms with Crippen LogP contribution in [0.3, 0.4) is 0 Å². The van der Waals surface area contributed by atoms with Gasteiger partial charge < -0.3 is 0 Å². The van der Waals surface area contributed by atoms with E-state index in [2.05, 4.69) is 155 Å². The van der Waals surface area contributed by atoms with Gasteiger partial charge in [0.1, 0.15) is 17.3 Å². The van der Waals surface area contributed by atoms with Gasteiger partial charge in [-0.1, -0.05) is 103 Å². The molecule has 9 aromatic rings. The monoisotopic (exact) mass is 615 g/mol. The number of nitrogens with zero attached hydrogens (tertiary/aromatic N) is 5. The smallest absolute Gasteiger partial charge is 0.149 e. The van der Waals surface area contributed by atoms with Crippen LogP contribution in [0.25, 0.3) is 84.0 Å². The van der Waals surface area contributed by atoms with Crippen molar-refractivity contribution in [3.05, 3.63) is 157 Å². The first-order valence-electron chi connectivity index (χ1n) is 16.4. The van der Waals surface area contributed by atoms with Crippen molar-refractivity contribution < 1.29 is 0 Å². The van der Waals surface area contributed by atoms with Crippen molar-refractivity contribution in [2.24, 2.45) is 0 Å². The Morgan fingerprint density at radius 3 is 2.17 bits per heavy atom. The Kier molecular flexibility index (Phi) is 5.93. The fourth-order valence-electron chi connectivity index (χ4n) is 7.22. The van der Waals surface area contributed by atoms with Crippen LogP contribution in [0, 0.1) is 0 Å². The van der Waals surface area contributed by atoms with Crippen molar-refractivity contribution in [3.63, 3.8) is 0 Å². The number of hydrogen-bond acceptors (Lipinski definition) is 3. The minimum atomic E-state index is 0.889. The molecule has 3 aromatic heterocycles. The summed E-state index contributed by atoms with van der Waals surface area (Å²) in [6, 6.07) is 49.2. The third kappa shape index (κ3) is 4.21. The molecule has 0 N–H and O–H groups in total. The van der Waals surface area contributed by atoms with E-state index in [1.165, 1.54) is 16.5 Å². The molecule has 0 fully saturated rings. The third-order valence-corrected chi connectivity index (χ3v) is 9.56. The highest BCUT2D eigenvalue weighted by Crippen LogP contribution is 2.35. The van der Waals surface area contributed by atoms with Crippen LogP contribution in [-0.4, -0.2) is 23.9 Å². The van der Waals surface area contributed by atoms with Gasteiger partial charge >= 0.3 is 0 Å². The summed E-state index contributed by atoms with van der Waals surface area (Å²) in [6.07, 6.45) is 6.39. The molecule has 0 atom stereocenters. The number of fused-ring (bicyclic) bond motifs is 7. The highest BCUT2D eigenvalue weighted by molar-refractivity contribution is 6.00. The number of allylic oxidation sites excluding steroid dienone is 1. The average molecular weight is 616 g/mol. The maximum absolute atomic E-state index is 5.27. The van der Waals surface area contributed by atoms with Crippen LogP contribution in [-0.2, 0) is 6.42 Å². The Balaban J connectivity index is 1.11. The molecule has 0 aliphatic heterocycles. The highest BCUT2D eigenvalue weighted by atomic mass is 15.1. The predicted molar refractivity (Wildman–Crippen MR) is 196 cm³/mol. The fraction of sp³-hybridized carbons (Fsp3) is 0.0465. The van der Waals surface area contributed by atoms with E-state index < -0.39 is 0 Å². The number of aromatic nitrogens is 5. The predicted octanol–water partition coefficient (Wildman–Crippen LogP) is 10.3. The van der Waals surface area contributed by atoms with Crippen molar-refractivity contribution in [3.8, 4) is 39.6 Å². The van der Waals surface area contributed by atoms with Gasteiger partial charge in [-0.3, -0.25) is 8.97 Å². The molecule has 0 saturated heterocycles. The van der Waals surface area contributed by atoms with E-state index in [1.54, 1.807) is 0 Å². The lowest BCUT2D eigenvalue weighted by atomic mass is 10.0. The fourth-order valence-corrected chi connectivity index (χ4v) is 7.22. The van der Waals surface area contributed by atoms with Crippen LogP contribution in [0.5, 0.6) is 0 Å².